The molecular weight excluding hydrogens is 116 g/mol. The first kappa shape index (κ1) is 6.01. The molecule has 0 aliphatic carbocycles. The number of nitrogens with one attached hydrogen (secondary N) is 1. The third-order valence-corrected chi connectivity index (χ3v) is 0.989. The highest BCUT2D eigenvalue weighted by Gasteiger charge is 2.02. The van der Waals surface area contributed by atoms with Gasteiger partial charge in [0.25, 0.3) is 0 Å². The zero-order chi connectivity index (χ0) is 6.69. The van der Waals surface area contributed by atoms with Crippen LogP contribution in [0.1, 0.15) is 17.0 Å². The molecule has 0 saturated heterocycles. The molecule has 9 heavy (non-hydrogen) atoms. The summed E-state index contributed by atoms with van der Waals surface area (Å²) in [5.41, 5.74) is 0. The van der Waals surface area contributed by atoms with Crippen molar-refractivity contribution in [2.45, 2.75) is 6.42 Å². The van der Waals surface area contributed by atoms with E-state index in [-0.39, 0.29) is 12.2 Å². The summed E-state index contributed by atoms with van der Waals surface area (Å²) in [6, 6.07) is 0. The van der Waals surface area contributed by atoms with Crippen LogP contribution in [0, 0.1) is 6.92 Å². The van der Waals surface area contributed by atoms with Crippen LogP contribution < -0.4 is 0 Å². The molecule has 1 N–H and O–H groups in total. The number of carbonyl (C=O) groups excluding carboxylic acids is 1. The number of aromatic amines is 1. The first-order chi connectivity index (χ1) is 4.34. The molecule has 0 aliphatic rings. The normalized spacial score (nSPS) is 9.44. The van der Waals surface area contributed by atoms with Crippen molar-refractivity contribution in [1.29, 1.82) is 0 Å². The molecule has 47 valence electrons. The first-order valence-electron chi connectivity index (χ1n) is 2.66. The quantitative estimate of drug-likeness (QED) is 0.591. The van der Waals surface area contributed by atoms with Crippen LogP contribution in [0.4, 0.5) is 0 Å². The van der Waals surface area contributed by atoms with E-state index < -0.39 is 0 Å². The second kappa shape index (κ2) is 2.44. The molecule has 0 unspecified atom stereocenters. The lowest BCUT2D eigenvalue weighted by Gasteiger charge is -1.86. The Morgan fingerprint density at radius 1 is 1.89 bits per heavy atom. The molecule has 1 aromatic heterocycles. The molecule has 1 heterocycles. The molecule has 0 aromatic carbocycles. The molecule has 0 saturated carbocycles. The van der Waals surface area contributed by atoms with E-state index in [1.807, 2.05) is 0 Å². The zero-order valence-corrected chi connectivity index (χ0v) is 4.92. The number of Topliss-reactive ketones (excluding diaryl/α,β-unsaturated/α-hetero) is 1. The second-order valence-corrected chi connectivity index (χ2v) is 1.61. The van der Waals surface area contributed by atoms with E-state index in [4.69, 9.17) is 0 Å². The highest BCUT2D eigenvalue weighted by molar-refractivity contribution is 5.92. The van der Waals surface area contributed by atoms with E-state index in [2.05, 4.69) is 16.9 Å². The summed E-state index contributed by atoms with van der Waals surface area (Å²) in [7, 11) is 0. The molecule has 0 amide bonds. The van der Waals surface area contributed by atoms with Gasteiger partial charge in [0.2, 0.25) is 0 Å². The fourth-order valence-electron chi connectivity index (χ4n) is 0.536. The third kappa shape index (κ3) is 1.16. The van der Waals surface area contributed by atoms with Gasteiger partial charge in [0.1, 0.15) is 0 Å². The zero-order valence-electron chi connectivity index (χ0n) is 4.92. The predicted molar refractivity (Wildman–Crippen MR) is 32.9 cm³/mol. The van der Waals surface area contributed by atoms with Crippen molar-refractivity contribution in [1.82, 2.24) is 9.97 Å². The van der Waals surface area contributed by atoms with Gasteiger partial charge in [0, 0.05) is 18.8 Å². The minimum absolute atomic E-state index is 0.0556. The van der Waals surface area contributed by atoms with Crippen molar-refractivity contribution in [3.8, 4) is 0 Å². The average Bonchev–Trinajstić information content (AvgIpc) is 2.37. The van der Waals surface area contributed by atoms with Crippen LogP contribution in [0.5, 0.6) is 0 Å². The van der Waals surface area contributed by atoms with E-state index in [0.717, 1.165) is 0 Å². The van der Waals surface area contributed by atoms with Gasteiger partial charge in [-0.1, -0.05) is 0 Å². The number of nitrogens with zero attached hydrogens (tertiary/aromatic N) is 1. The van der Waals surface area contributed by atoms with Gasteiger partial charge in [-0.05, 0) is 6.92 Å². The third-order valence-electron chi connectivity index (χ3n) is 0.989. The van der Waals surface area contributed by atoms with Crippen molar-refractivity contribution in [2.75, 3.05) is 0 Å². The SMILES string of the molecule is [CH2]CC(=O)c1ncc[nH]1. The molecular formula is C6H7N2O. The lowest BCUT2D eigenvalue weighted by molar-refractivity contribution is 0.0986. The summed E-state index contributed by atoms with van der Waals surface area (Å²) in [6.07, 6.45) is 3.42. The molecule has 3 nitrogen and oxygen atoms in total. The maximum Gasteiger partial charge on any atom is 0.198 e. The van der Waals surface area contributed by atoms with E-state index in [1.165, 1.54) is 0 Å². The van der Waals surface area contributed by atoms with Crippen LogP contribution in [0.3, 0.4) is 0 Å². The number of aromatic nitrogens is 2. The highest BCUT2D eigenvalue weighted by atomic mass is 16.1. The summed E-state index contributed by atoms with van der Waals surface area (Å²) in [5, 5.41) is 0. The Morgan fingerprint density at radius 3 is 3.11 bits per heavy atom. The van der Waals surface area contributed by atoms with Crippen molar-refractivity contribution >= 4 is 5.78 Å². The van der Waals surface area contributed by atoms with Crippen LogP contribution in [0.2, 0.25) is 0 Å². The molecule has 0 aliphatic heterocycles. The monoisotopic (exact) mass is 123 g/mol. The van der Waals surface area contributed by atoms with Gasteiger partial charge in [-0.15, -0.1) is 0 Å². The average molecular weight is 123 g/mol. The number of H-pyrrole nitrogens is 1. The van der Waals surface area contributed by atoms with E-state index in [9.17, 15) is 4.79 Å². The fourth-order valence-corrected chi connectivity index (χ4v) is 0.536. The molecule has 0 atom stereocenters. The molecule has 1 rings (SSSR count). The van der Waals surface area contributed by atoms with Gasteiger partial charge in [0.05, 0.1) is 0 Å². The van der Waals surface area contributed by atoms with Crippen molar-refractivity contribution in [3.05, 3.63) is 25.1 Å². The van der Waals surface area contributed by atoms with Crippen molar-refractivity contribution in [2.24, 2.45) is 0 Å². The van der Waals surface area contributed by atoms with Gasteiger partial charge in [-0.2, -0.15) is 0 Å². The van der Waals surface area contributed by atoms with Crippen LogP contribution in [-0.2, 0) is 0 Å². The van der Waals surface area contributed by atoms with Crippen LogP contribution in [0.25, 0.3) is 0 Å². The van der Waals surface area contributed by atoms with E-state index in [1.54, 1.807) is 12.4 Å². The maximum atomic E-state index is 10.7. The van der Waals surface area contributed by atoms with Crippen LogP contribution in [0.15, 0.2) is 12.4 Å². The molecule has 1 aromatic rings. The summed E-state index contributed by atoms with van der Waals surface area (Å²) in [6.45, 7) is 3.43. The standard InChI is InChI=1S/C6H7N2O/c1-2-5(9)6-7-3-4-8-6/h3-4H,1-2H2,(H,7,8). The Bertz CT molecular complexity index is 191. The summed E-state index contributed by atoms with van der Waals surface area (Å²) < 4.78 is 0. The fraction of sp³-hybridized carbons (Fsp3) is 0.167. The number of rotatable bonds is 2. The van der Waals surface area contributed by atoms with Crippen molar-refractivity contribution < 1.29 is 4.79 Å². The van der Waals surface area contributed by atoms with Gasteiger partial charge in [0.15, 0.2) is 11.6 Å². The minimum atomic E-state index is -0.0556. The largest absolute Gasteiger partial charge is 0.342 e. The summed E-state index contributed by atoms with van der Waals surface area (Å²) in [4.78, 5) is 17.1. The topological polar surface area (TPSA) is 45.8 Å². The lowest BCUT2D eigenvalue weighted by atomic mass is 10.3. The Labute approximate surface area is 53.1 Å². The molecule has 0 bridgehead atoms. The van der Waals surface area contributed by atoms with Crippen LogP contribution in [-0.4, -0.2) is 15.8 Å². The second-order valence-electron chi connectivity index (χ2n) is 1.61. The van der Waals surface area contributed by atoms with E-state index >= 15 is 0 Å². The van der Waals surface area contributed by atoms with Crippen LogP contribution >= 0.6 is 0 Å². The van der Waals surface area contributed by atoms with E-state index in [0.29, 0.717) is 5.82 Å². The lowest BCUT2D eigenvalue weighted by Crippen LogP contribution is -1.98. The highest BCUT2D eigenvalue weighted by Crippen LogP contribution is 1.92. The molecule has 0 spiro atoms. The smallest absolute Gasteiger partial charge is 0.198 e. The first-order valence-corrected chi connectivity index (χ1v) is 2.66. The molecule has 0 fully saturated rings. The molecule has 3 heteroatoms. The Morgan fingerprint density at radius 2 is 2.67 bits per heavy atom. The van der Waals surface area contributed by atoms with Gasteiger partial charge in [-0.3, -0.25) is 4.79 Å². The summed E-state index contributed by atoms with van der Waals surface area (Å²) in [5.74, 6) is 0.338. The van der Waals surface area contributed by atoms with Gasteiger partial charge in [-0.25, -0.2) is 4.98 Å². The van der Waals surface area contributed by atoms with Gasteiger partial charge >= 0.3 is 0 Å². The number of ketones is 1. The Kier molecular flexibility index (Phi) is 1.63. The van der Waals surface area contributed by atoms with Gasteiger partial charge < -0.3 is 4.98 Å². The number of hydrogen-bond donors (Lipinski definition) is 1. The predicted octanol–water partition coefficient (Wildman–Crippen LogP) is 0.817. The Hall–Kier alpha value is -1.12. The molecule has 1 radical (unpaired) electrons. The minimum Gasteiger partial charge on any atom is -0.342 e. The number of hydrogen-bond acceptors (Lipinski definition) is 2. The summed E-state index contributed by atoms with van der Waals surface area (Å²) >= 11 is 0. The number of imidazole rings is 1. The maximum absolute atomic E-state index is 10.7. The Balaban J connectivity index is 2.77. The number of carbonyl (C=O) groups is 1. The van der Waals surface area contributed by atoms with Crippen molar-refractivity contribution in [3.63, 3.8) is 0 Å².